The molecule has 0 spiro atoms. The van der Waals surface area contributed by atoms with Crippen LogP contribution in [0.3, 0.4) is 0 Å². The Kier molecular flexibility index (Phi) is 5.49. The van der Waals surface area contributed by atoms with Gasteiger partial charge in [-0.1, -0.05) is 6.07 Å². The molecule has 0 bridgehead atoms. The molecule has 1 aromatic carbocycles. The van der Waals surface area contributed by atoms with E-state index in [9.17, 15) is 9.59 Å². The molecule has 21 heavy (non-hydrogen) atoms. The lowest BCUT2D eigenvalue weighted by Crippen LogP contribution is -2.33. The minimum atomic E-state index is -0.366. The zero-order valence-electron chi connectivity index (χ0n) is 13.5. The van der Waals surface area contributed by atoms with Crippen molar-refractivity contribution >= 4 is 17.5 Å². The molecule has 3 N–H and O–H groups in total. The molecule has 0 unspecified atom stereocenters. The maximum absolute atomic E-state index is 12.0. The van der Waals surface area contributed by atoms with Crippen LogP contribution in [-0.4, -0.2) is 36.3 Å². The Balaban J connectivity index is 2.81. The third kappa shape index (κ3) is 5.55. The molecule has 0 saturated heterocycles. The molecule has 0 radical (unpaired) electrons. The molecule has 0 fully saturated rings. The number of amides is 2. The first-order valence-electron chi connectivity index (χ1n) is 7.01. The first kappa shape index (κ1) is 17.2. The third-order valence-corrected chi connectivity index (χ3v) is 3.16. The van der Waals surface area contributed by atoms with Gasteiger partial charge in [-0.2, -0.15) is 0 Å². The van der Waals surface area contributed by atoms with Crippen molar-refractivity contribution in [3.05, 3.63) is 29.3 Å². The van der Waals surface area contributed by atoms with E-state index in [2.05, 4.69) is 5.32 Å². The first-order valence-corrected chi connectivity index (χ1v) is 7.01. The van der Waals surface area contributed by atoms with Crippen LogP contribution in [0.25, 0.3) is 0 Å². The summed E-state index contributed by atoms with van der Waals surface area (Å²) in [4.78, 5) is 25.4. The number of nitrogens with two attached hydrogens (primary N) is 1. The second kappa shape index (κ2) is 6.72. The van der Waals surface area contributed by atoms with Crippen molar-refractivity contribution in [3.8, 4) is 0 Å². The molecule has 0 aliphatic rings. The molecule has 0 saturated carbocycles. The highest BCUT2D eigenvalue weighted by molar-refractivity contribution is 5.97. The van der Waals surface area contributed by atoms with Crippen LogP contribution >= 0.6 is 0 Å². The third-order valence-electron chi connectivity index (χ3n) is 3.16. The van der Waals surface area contributed by atoms with E-state index in [1.165, 1.54) is 4.90 Å². The lowest BCUT2D eigenvalue weighted by molar-refractivity contribution is -0.116. The standard InChI is InChI=1S/C16H25N3O2/c1-11-6-7-12(15(21)19(4)5)10-13(11)18-14(20)8-9-16(2,3)17/h6-7,10H,8-9,17H2,1-5H3,(H,18,20). The van der Waals surface area contributed by atoms with Gasteiger partial charge >= 0.3 is 0 Å². The van der Waals surface area contributed by atoms with Gasteiger partial charge in [0.25, 0.3) is 5.91 Å². The van der Waals surface area contributed by atoms with E-state index >= 15 is 0 Å². The number of carbonyl (C=O) groups is 2. The molecule has 1 aromatic rings. The van der Waals surface area contributed by atoms with Crippen molar-refractivity contribution < 1.29 is 9.59 Å². The SMILES string of the molecule is Cc1ccc(C(=O)N(C)C)cc1NC(=O)CCC(C)(C)N. The smallest absolute Gasteiger partial charge is 0.253 e. The van der Waals surface area contributed by atoms with Gasteiger partial charge in [0.1, 0.15) is 0 Å². The van der Waals surface area contributed by atoms with Crippen LogP contribution in [0, 0.1) is 6.92 Å². The Morgan fingerprint density at radius 3 is 2.43 bits per heavy atom. The summed E-state index contributed by atoms with van der Waals surface area (Å²) in [5.41, 5.74) is 7.65. The van der Waals surface area contributed by atoms with Crippen LogP contribution in [0.2, 0.25) is 0 Å². The van der Waals surface area contributed by atoms with E-state index in [1.54, 1.807) is 26.2 Å². The fourth-order valence-electron chi connectivity index (χ4n) is 1.80. The number of aryl methyl sites for hydroxylation is 1. The summed E-state index contributed by atoms with van der Waals surface area (Å²) in [6.07, 6.45) is 0.961. The minimum absolute atomic E-state index is 0.0893. The molecule has 0 aromatic heterocycles. The summed E-state index contributed by atoms with van der Waals surface area (Å²) in [6.45, 7) is 5.68. The first-order chi connectivity index (χ1) is 9.60. The van der Waals surface area contributed by atoms with Gasteiger partial charge < -0.3 is 16.0 Å². The molecule has 0 aliphatic heterocycles. The van der Waals surface area contributed by atoms with Crippen LogP contribution in [-0.2, 0) is 4.79 Å². The van der Waals surface area contributed by atoms with E-state index in [-0.39, 0.29) is 17.4 Å². The molecule has 0 aliphatic carbocycles. The van der Waals surface area contributed by atoms with E-state index in [0.717, 1.165) is 5.56 Å². The van der Waals surface area contributed by atoms with Gasteiger partial charge in [-0.05, 0) is 44.9 Å². The van der Waals surface area contributed by atoms with Gasteiger partial charge in [-0.25, -0.2) is 0 Å². The highest BCUT2D eigenvalue weighted by Gasteiger charge is 2.15. The number of benzene rings is 1. The molecular formula is C16H25N3O2. The second-order valence-corrected chi connectivity index (χ2v) is 6.27. The number of rotatable bonds is 5. The molecule has 5 nitrogen and oxygen atoms in total. The van der Waals surface area contributed by atoms with Gasteiger partial charge in [-0.15, -0.1) is 0 Å². The van der Waals surface area contributed by atoms with Gasteiger partial charge in [-0.3, -0.25) is 9.59 Å². The van der Waals surface area contributed by atoms with Gasteiger partial charge in [0.15, 0.2) is 0 Å². The van der Waals surface area contributed by atoms with Crippen molar-refractivity contribution in [2.75, 3.05) is 19.4 Å². The highest BCUT2D eigenvalue weighted by Crippen LogP contribution is 2.19. The minimum Gasteiger partial charge on any atom is -0.345 e. The average molecular weight is 291 g/mol. The van der Waals surface area contributed by atoms with Crippen LogP contribution in [0.15, 0.2) is 18.2 Å². The van der Waals surface area contributed by atoms with Crippen molar-refractivity contribution in [1.29, 1.82) is 0 Å². The molecule has 1 rings (SSSR count). The largest absolute Gasteiger partial charge is 0.345 e. The van der Waals surface area contributed by atoms with E-state index in [1.807, 2.05) is 26.8 Å². The van der Waals surface area contributed by atoms with Crippen molar-refractivity contribution in [3.63, 3.8) is 0 Å². The summed E-state index contributed by atoms with van der Waals surface area (Å²) in [6, 6.07) is 5.30. The quantitative estimate of drug-likeness (QED) is 0.873. The van der Waals surface area contributed by atoms with E-state index in [4.69, 9.17) is 5.73 Å². The van der Waals surface area contributed by atoms with Crippen LogP contribution in [0.5, 0.6) is 0 Å². The topological polar surface area (TPSA) is 75.4 Å². The lowest BCUT2D eigenvalue weighted by atomic mass is 10.00. The molecule has 5 heteroatoms. The number of hydrogen-bond acceptors (Lipinski definition) is 3. The maximum Gasteiger partial charge on any atom is 0.253 e. The Bertz CT molecular complexity index is 531. The Hall–Kier alpha value is -1.88. The van der Waals surface area contributed by atoms with Gasteiger partial charge in [0, 0.05) is 37.3 Å². The van der Waals surface area contributed by atoms with E-state index in [0.29, 0.717) is 24.1 Å². The average Bonchev–Trinajstić information content (AvgIpc) is 2.37. The zero-order valence-corrected chi connectivity index (χ0v) is 13.5. The van der Waals surface area contributed by atoms with E-state index < -0.39 is 0 Å². The fourth-order valence-corrected chi connectivity index (χ4v) is 1.80. The number of carbonyl (C=O) groups excluding carboxylic acids is 2. The molecule has 2 amide bonds. The molecule has 0 heterocycles. The predicted octanol–water partition coefficient (Wildman–Crippen LogP) is 2.15. The normalized spacial score (nSPS) is 11.1. The molecule has 116 valence electrons. The summed E-state index contributed by atoms with van der Waals surface area (Å²) in [5.74, 6) is -0.181. The van der Waals surface area contributed by atoms with Crippen LogP contribution < -0.4 is 11.1 Å². The zero-order chi connectivity index (χ0) is 16.2. The summed E-state index contributed by atoms with van der Waals surface area (Å²) >= 11 is 0. The van der Waals surface area contributed by atoms with Crippen LogP contribution in [0.1, 0.15) is 42.6 Å². The number of hydrogen-bond donors (Lipinski definition) is 2. The highest BCUT2D eigenvalue weighted by atomic mass is 16.2. The predicted molar refractivity (Wildman–Crippen MR) is 85.3 cm³/mol. The monoisotopic (exact) mass is 291 g/mol. The number of nitrogens with one attached hydrogen (secondary N) is 1. The summed E-state index contributed by atoms with van der Waals surface area (Å²) in [7, 11) is 3.40. The number of nitrogens with zero attached hydrogens (tertiary/aromatic N) is 1. The molecule has 0 atom stereocenters. The number of anilines is 1. The Morgan fingerprint density at radius 2 is 1.90 bits per heavy atom. The van der Waals surface area contributed by atoms with Gasteiger partial charge in [0.05, 0.1) is 0 Å². The Morgan fingerprint density at radius 1 is 1.29 bits per heavy atom. The van der Waals surface area contributed by atoms with Crippen molar-refractivity contribution in [1.82, 2.24) is 4.90 Å². The van der Waals surface area contributed by atoms with Crippen molar-refractivity contribution in [2.45, 2.75) is 39.2 Å². The van der Waals surface area contributed by atoms with Crippen molar-refractivity contribution in [2.24, 2.45) is 5.73 Å². The second-order valence-electron chi connectivity index (χ2n) is 6.27. The van der Waals surface area contributed by atoms with Gasteiger partial charge in [0.2, 0.25) is 5.91 Å². The summed E-state index contributed by atoms with van der Waals surface area (Å²) < 4.78 is 0. The fraction of sp³-hybridized carbons (Fsp3) is 0.500. The summed E-state index contributed by atoms with van der Waals surface area (Å²) in [5, 5.41) is 2.85. The van der Waals surface area contributed by atoms with Crippen LogP contribution in [0.4, 0.5) is 5.69 Å². The maximum atomic E-state index is 12.0. The lowest BCUT2D eigenvalue weighted by Gasteiger charge is -2.18. The Labute approximate surface area is 126 Å². The molecular weight excluding hydrogens is 266 g/mol.